The predicted molar refractivity (Wildman–Crippen MR) is 120 cm³/mol. The number of ether oxygens (including phenoxy) is 1. The monoisotopic (exact) mass is 417 g/mol. The molecule has 0 aliphatic rings. The Morgan fingerprint density at radius 1 is 1.10 bits per heavy atom. The molecule has 1 atom stereocenters. The smallest absolute Gasteiger partial charge is 0.255 e. The van der Waals surface area contributed by atoms with Crippen LogP contribution in [-0.2, 0) is 6.54 Å². The lowest BCUT2D eigenvalue weighted by atomic mass is 10.1. The van der Waals surface area contributed by atoms with E-state index < -0.39 is 0 Å². The van der Waals surface area contributed by atoms with E-state index in [-0.39, 0.29) is 11.9 Å². The molecule has 5 nitrogen and oxygen atoms in total. The second-order valence-electron chi connectivity index (χ2n) is 6.99. The molecule has 2 heterocycles. The van der Waals surface area contributed by atoms with Crippen molar-refractivity contribution < 1.29 is 9.53 Å². The van der Waals surface area contributed by atoms with Crippen molar-refractivity contribution in [3.8, 4) is 17.0 Å². The molecule has 0 aliphatic carbocycles. The predicted octanol–water partition coefficient (Wildman–Crippen LogP) is 5.16. The van der Waals surface area contributed by atoms with Crippen LogP contribution in [0.2, 0.25) is 0 Å². The van der Waals surface area contributed by atoms with Gasteiger partial charge in [0, 0.05) is 16.6 Å². The quantitative estimate of drug-likeness (QED) is 0.452. The summed E-state index contributed by atoms with van der Waals surface area (Å²) in [5.41, 5.74) is 3.05. The lowest BCUT2D eigenvalue weighted by Crippen LogP contribution is -2.26. The van der Waals surface area contributed by atoms with E-state index in [1.165, 1.54) is 0 Å². The first kappa shape index (κ1) is 19.9. The highest BCUT2D eigenvalue weighted by atomic mass is 32.1. The molecule has 2 aromatic carbocycles. The van der Waals surface area contributed by atoms with Gasteiger partial charge in [-0.25, -0.2) is 0 Å². The van der Waals surface area contributed by atoms with Crippen molar-refractivity contribution in [2.75, 3.05) is 7.11 Å². The van der Waals surface area contributed by atoms with Gasteiger partial charge in [0.15, 0.2) is 0 Å². The molecule has 0 saturated heterocycles. The maximum Gasteiger partial charge on any atom is 0.255 e. The van der Waals surface area contributed by atoms with E-state index in [2.05, 4.69) is 5.32 Å². The first-order valence-corrected chi connectivity index (χ1v) is 10.6. The number of methoxy groups -OCH3 is 1. The molecule has 0 saturated carbocycles. The van der Waals surface area contributed by atoms with Gasteiger partial charge in [0.25, 0.3) is 5.91 Å². The van der Waals surface area contributed by atoms with Crippen molar-refractivity contribution in [1.82, 2.24) is 15.1 Å². The van der Waals surface area contributed by atoms with Gasteiger partial charge >= 0.3 is 0 Å². The Hall–Kier alpha value is -3.38. The normalized spacial score (nSPS) is 11.8. The molecule has 1 N–H and O–H groups in total. The van der Waals surface area contributed by atoms with Gasteiger partial charge in [0.05, 0.1) is 25.3 Å². The van der Waals surface area contributed by atoms with Crippen molar-refractivity contribution >= 4 is 17.2 Å². The third kappa shape index (κ3) is 4.28. The van der Waals surface area contributed by atoms with Crippen LogP contribution in [0.25, 0.3) is 11.3 Å². The van der Waals surface area contributed by atoms with Crippen molar-refractivity contribution in [1.29, 1.82) is 0 Å². The SMILES string of the molecule is COc1ccccc1-c1nn(Cc2ccccc2)cc1C(=O)NC(C)c1cccs1. The summed E-state index contributed by atoms with van der Waals surface area (Å²) < 4.78 is 7.33. The van der Waals surface area contributed by atoms with E-state index in [9.17, 15) is 4.79 Å². The summed E-state index contributed by atoms with van der Waals surface area (Å²) in [7, 11) is 1.62. The third-order valence-corrected chi connectivity index (χ3v) is 5.93. The van der Waals surface area contributed by atoms with Crippen LogP contribution in [0.4, 0.5) is 0 Å². The number of amides is 1. The largest absolute Gasteiger partial charge is 0.496 e. The summed E-state index contributed by atoms with van der Waals surface area (Å²) in [6, 6.07) is 21.6. The number of carbonyl (C=O) groups excluding carboxylic acids is 1. The van der Waals surface area contributed by atoms with Crippen LogP contribution in [-0.4, -0.2) is 22.8 Å². The highest BCUT2D eigenvalue weighted by Gasteiger charge is 2.22. The molecule has 1 unspecified atom stereocenters. The number of benzene rings is 2. The number of nitrogens with one attached hydrogen (secondary N) is 1. The summed E-state index contributed by atoms with van der Waals surface area (Å²) in [5.74, 6) is 0.527. The summed E-state index contributed by atoms with van der Waals surface area (Å²) in [6.07, 6.45) is 1.81. The molecule has 6 heteroatoms. The highest BCUT2D eigenvalue weighted by molar-refractivity contribution is 7.10. The van der Waals surface area contributed by atoms with Crippen LogP contribution < -0.4 is 10.1 Å². The number of aromatic nitrogens is 2. The molecule has 30 heavy (non-hydrogen) atoms. The summed E-state index contributed by atoms with van der Waals surface area (Å²) in [6.45, 7) is 2.57. The van der Waals surface area contributed by atoms with Crippen molar-refractivity contribution in [3.05, 3.63) is 94.3 Å². The number of hydrogen-bond donors (Lipinski definition) is 1. The number of thiophene rings is 1. The zero-order chi connectivity index (χ0) is 20.9. The molecule has 0 aliphatic heterocycles. The number of hydrogen-bond acceptors (Lipinski definition) is 4. The minimum absolute atomic E-state index is 0.0829. The van der Waals surface area contributed by atoms with Gasteiger partial charge in [-0.1, -0.05) is 48.5 Å². The van der Waals surface area contributed by atoms with Gasteiger partial charge in [0.2, 0.25) is 0 Å². The number of carbonyl (C=O) groups is 1. The Kier molecular flexibility index (Phi) is 5.95. The van der Waals surface area contributed by atoms with E-state index >= 15 is 0 Å². The number of para-hydroxylation sites is 1. The molecule has 152 valence electrons. The molecular weight excluding hydrogens is 394 g/mol. The molecule has 4 aromatic rings. The molecule has 4 rings (SSSR count). The fourth-order valence-corrected chi connectivity index (χ4v) is 4.10. The minimum Gasteiger partial charge on any atom is -0.496 e. The Morgan fingerprint density at radius 3 is 2.60 bits per heavy atom. The van der Waals surface area contributed by atoms with Gasteiger partial charge < -0.3 is 10.1 Å². The fraction of sp³-hybridized carbons (Fsp3) is 0.167. The van der Waals surface area contributed by atoms with Crippen LogP contribution in [0.1, 0.15) is 33.8 Å². The van der Waals surface area contributed by atoms with E-state index in [1.807, 2.05) is 89.9 Å². The summed E-state index contributed by atoms with van der Waals surface area (Å²) >= 11 is 1.63. The maximum absolute atomic E-state index is 13.2. The molecular formula is C24H23N3O2S. The Bertz CT molecular complexity index is 1120. The van der Waals surface area contributed by atoms with Crippen LogP contribution in [0.3, 0.4) is 0 Å². The lowest BCUT2D eigenvalue weighted by Gasteiger charge is -2.12. The second-order valence-corrected chi connectivity index (χ2v) is 7.96. The van der Waals surface area contributed by atoms with Gasteiger partial charge in [-0.05, 0) is 36.1 Å². The van der Waals surface area contributed by atoms with Crippen molar-refractivity contribution in [2.24, 2.45) is 0 Å². The van der Waals surface area contributed by atoms with E-state index in [4.69, 9.17) is 9.84 Å². The highest BCUT2D eigenvalue weighted by Crippen LogP contribution is 2.31. The number of nitrogens with zero attached hydrogens (tertiary/aromatic N) is 2. The average molecular weight is 418 g/mol. The van der Waals surface area contributed by atoms with E-state index in [1.54, 1.807) is 18.4 Å². The minimum atomic E-state index is -0.156. The topological polar surface area (TPSA) is 56.2 Å². The molecule has 0 bridgehead atoms. The Morgan fingerprint density at radius 2 is 1.87 bits per heavy atom. The van der Waals surface area contributed by atoms with Crippen LogP contribution in [0.15, 0.2) is 78.3 Å². The molecule has 0 spiro atoms. The van der Waals surface area contributed by atoms with Crippen LogP contribution in [0, 0.1) is 0 Å². The zero-order valence-electron chi connectivity index (χ0n) is 16.9. The molecule has 0 fully saturated rings. The summed E-state index contributed by atoms with van der Waals surface area (Å²) in [5, 5.41) is 9.86. The van der Waals surface area contributed by atoms with E-state index in [0.29, 0.717) is 23.6 Å². The van der Waals surface area contributed by atoms with Gasteiger partial charge in [-0.2, -0.15) is 5.10 Å². The van der Waals surface area contributed by atoms with E-state index in [0.717, 1.165) is 16.0 Å². The first-order chi connectivity index (χ1) is 14.7. The zero-order valence-corrected chi connectivity index (χ0v) is 17.7. The average Bonchev–Trinajstić information content (AvgIpc) is 3.45. The molecule has 0 radical (unpaired) electrons. The van der Waals surface area contributed by atoms with Crippen LogP contribution >= 0.6 is 11.3 Å². The van der Waals surface area contributed by atoms with Crippen molar-refractivity contribution in [3.63, 3.8) is 0 Å². The number of rotatable bonds is 7. The third-order valence-electron chi connectivity index (χ3n) is 4.87. The van der Waals surface area contributed by atoms with Crippen molar-refractivity contribution in [2.45, 2.75) is 19.5 Å². The fourth-order valence-electron chi connectivity index (χ4n) is 3.36. The lowest BCUT2D eigenvalue weighted by molar-refractivity contribution is 0.0941. The Labute approximate surface area is 179 Å². The molecule has 2 aromatic heterocycles. The standard InChI is InChI=1S/C24H23N3O2S/c1-17(22-13-8-14-30-22)25-24(28)20-16-27(15-18-9-4-3-5-10-18)26-23(20)19-11-6-7-12-21(19)29-2/h3-14,16-17H,15H2,1-2H3,(H,25,28). The van der Waals surface area contributed by atoms with Crippen LogP contribution in [0.5, 0.6) is 5.75 Å². The second kappa shape index (κ2) is 8.97. The van der Waals surface area contributed by atoms with Gasteiger partial charge in [-0.15, -0.1) is 11.3 Å². The van der Waals surface area contributed by atoms with Gasteiger partial charge in [0.1, 0.15) is 11.4 Å². The molecule has 1 amide bonds. The summed E-state index contributed by atoms with van der Waals surface area (Å²) in [4.78, 5) is 14.3. The maximum atomic E-state index is 13.2. The first-order valence-electron chi connectivity index (χ1n) is 9.74. The van der Waals surface area contributed by atoms with Gasteiger partial charge in [-0.3, -0.25) is 9.48 Å². The Balaban J connectivity index is 1.70.